The van der Waals surface area contributed by atoms with Crippen molar-refractivity contribution in [2.24, 2.45) is 0 Å². The molecule has 0 saturated heterocycles. The Labute approximate surface area is 123 Å². The molecule has 0 saturated carbocycles. The smallest absolute Gasteiger partial charge is 0.142 e. The highest BCUT2D eigenvalue weighted by molar-refractivity contribution is 6.30. The van der Waals surface area contributed by atoms with E-state index in [-0.39, 0.29) is 16.9 Å². The van der Waals surface area contributed by atoms with Crippen LogP contribution in [0.2, 0.25) is 5.02 Å². The maximum atomic E-state index is 13.4. The van der Waals surface area contributed by atoms with Crippen molar-refractivity contribution in [2.45, 2.75) is 38.8 Å². The largest absolute Gasteiger partial charge is 0.469 e. The van der Waals surface area contributed by atoms with Crippen molar-refractivity contribution in [3.63, 3.8) is 0 Å². The fourth-order valence-electron chi connectivity index (χ4n) is 2.20. The quantitative estimate of drug-likeness (QED) is 0.832. The highest BCUT2D eigenvalue weighted by Gasteiger charge is 2.12. The maximum Gasteiger partial charge on any atom is 0.142 e. The second-order valence-electron chi connectivity index (χ2n) is 5.08. The van der Waals surface area contributed by atoms with Crippen LogP contribution in [0.5, 0.6) is 0 Å². The third-order valence-corrected chi connectivity index (χ3v) is 3.69. The van der Waals surface area contributed by atoms with Gasteiger partial charge in [0.1, 0.15) is 11.6 Å². The lowest BCUT2D eigenvalue weighted by atomic mass is 10.1. The summed E-state index contributed by atoms with van der Waals surface area (Å²) < 4.78 is 18.7. The zero-order valence-corrected chi connectivity index (χ0v) is 12.5. The van der Waals surface area contributed by atoms with Gasteiger partial charge in [-0.15, -0.1) is 0 Å². The van der Waals surface area contributed by atoms with Gasteiger partial charge in [-0.25, -0.2) is 4.39 Å². The molecule has 1 aromatic heterocycles. The van der Waals surface area contributed by atoms with Gasteiger partial charge in [0.2, 0.25) is 0 Å². The molecule has 0 spiro atoms. The Bertz CT molecular complexity index is 541. The molecule has 2 atom stereocenters. The van der Waals surface area contributed by atoms with Gasteiger partial charge in [-0.05, 0) is 50.1 Å². The van der Waals surface area contributed by atoms with Crippen molar-refractivity contribution >= 4 is 11.6 Å². The Morgan fingerprint density at radius 1 is 1.30 bits per heavy atom. The molecule has 0 aliphatic carbocycles. The van der Waals surface area contributed by atoms with Gasteiger partial charge in [-0.3, -0.25) is 0 Å². The molecule has 20 heavy (non-hydrogen) atoms. The Hall–Kier alpha value is -1.32. The molecule has 108 valence electrons. The first kappa shape index (κ1) is 15.1. The molecule has 0 fully saturated rings. The van der Waals surface area contributed by atoms with Crippen molar-refractivity contribution in [3.8, 4) is 0 Å². The minimum atomic E-state index is -0.374. The van der Waals surface area contributed by atoms with E-state index in [1.54, 1.807) is 12.3 Å². The Morgan fingerprint density at radius 3 is 2.75 bits per heavy atom. The summed E-state index contributed by atoms with van der Waals surface area (Å²) in [5.41, 5.74) is 0.900. The number of benzene rings is 1. The van der Waals surface area contributed by atoms with Crippen LogP contribution in [-0.2, 0) is 6.42 Å². The topological polar surface area (TPSA) is 25.2 Å². The average Bonchev–Trinajstić information content (AvgIpc) is 2.92. The van der Waals surface area contributed by atoms with E-state index < -0.39 is 0 Å². The minimum Gasteiger partial charge on any atom is -0.469 e. The van der Waals surface area contributed by atoms with Crippen LogP contribution < -0.4 is 5.32 Å². The van der Waals surface area contributed by atoms with Crippen molar-refractivity contribution in [1.82, 2.24) is 5.32 Å². The number of furan rings is 1. The third-order valence-electron chi connectivity index (χ3n) is 3.38. The van der Waals surface area contributed by atoms with Crippen molar-refractivity contribution < 1.29 is 8.81 Å². The first-order chi connectivity index (χ1) is 9.56. The van der Waals surface area contributed by atoms with E-state index in [4.69, 9.17) is 16.0 Å². The predicted molar refractivity (Wildman–Crippen MR) is 79.5 cm³/mol. The van der Waals surface area contributed by atoms with Crippen LogP contribution in [0.1, 0.15) is 37.6 Å². The molecule has 1 N–H and O–H groups in total. The monoisotopic (exact) mass is 295 g/mol. The number of hydrogen-bond donors (Lipinski definition) is 1. The molecule has 0 bridgehead atoms. The summed E-state index contributed by atoms with van der Waals surface area (Å²) in [6.45, 7) is 4.14. The van der Waals surface area contributed by atoms with Gasteiger partial charge >= 0.3 is 0 Å². The van der Waals surface area contributed by atoms with Crippen LogP contribution in [0.4, 0.5) is 4.39 Å². The minimum absolute atomic E-state index is 0.0772. The summed E-state index contributed by atoms with van der Waals surface area (Å²) in [5, 5.41) is 3.61. The molecule has 2 unspecified atom stereocenters. The molecular formula is C16H19ClFNO. The summed E-state index contributed by atoms with van der Waals surface area (Å²) in [7, 11) is 0. The lowest BCUT2D eigenvalue weighted by Gasteiger charge is -2.20. The second kappa shape index (κ2) is 6.91. The highest BCUT2D eigenvalue weighted by atomic mass is 35.5. The molecule has 2 aromatic rings. The second-order valence-corrected chi connectivity index (χ2v) is 5.49. The molecule has 0 aliphatic rings. The van der Waals surface area contributed by atoms with Gasteiger partial charge in [0.25, 0.3) is 0 Å². The number of nitrogens with one attached hydrogen (secondary N) is 1. The Balaban J connectivity index is 1.86. The highest BCUT2D eigenvalue weighted by Crippen LogP contribution is 2.20. The SMILES string of the molecule is CC(CCc1ccco1)NC(C)c1ccc(Cl)c(F)c1. The van der Waals surface area contributed by atoms with Crippen molar-refractivity contribution in [2.75, 3.05) is 0 Å². The van der Waals surface area contributed by atoms with E-state index in [0.29, 0.717) is 6.04 Å². The van der Waals surface area contributed by atoms with Gasteiger partial charge in [0.05, 0.1) is 11.3 Å². The molecular weight excluding hydrogens is 277 g/mol. The normalized spacial score (nSPS) is 14.2. The third kappa shape index (κ3) is 4.09. The molecule has 1 aromatic carbocycles. The number of rotatable bonds is 6. The van der Waals surface area contributed by atoms with E-state index in [9.17, 15) is 4.39 Å². The fourth-order valence-corrected chi connectivity index (χ4v) is 2.32. The van der Waals surface area contributed by atoms with Crippen LogP contribution in [0.3, 0.4) is 0 Å². The lowest BCUT2D eigenvalue weighted by Crippen LogP contribution is -2.29. The molecule has 4 heteroatoms. The molecule has 1 heterocycles. The standard InChI is InChI=1S/C16H19ClFNO/c1-11(5-7-14-4-3-9-20-14)19-12(2)13-6-8-15(17)16(18)10-13/h3-4,6,8-12,19H,5,7H2,1-2H3. The lowest BCUT2D eigenvalue weighted by molar-refractivity contribution is 0.430. The van der Waals surface area contributed by atoms with Crippen molar-refractivity contribution in [1.29, 1.82) is 0 Å². The predicted octanol–water partition coefficient (Wildman–Crippen LogP) is 4.74. The van der Waals surface area contributed by atoms with E-state index >= 15 is 0 Å². The molecule has 0 radical (unpaired) electrons. The Morgan fingerprint density at radius 2 is 2.10 bits per heavy atom. The van der Waals surface area contributed by atoms with Crippen molar-refractivity contribution in [3.05, 3.63) is 58.8 Å². The Kier molecular flexibility index (Phi) is 5.21. The zero-order valence-electron chi connectivity index (χ0n) is 11.7. The van der Waals surface area contributed by atoms with Crippen LogP contribution in [0.25, 0.3) is 0 Å². The molecule has 0 amide bonds. The van der Waals surface area contributed by atoms with Gasteiger partial charge in [0, 0.05) is 18.5 Å². The van der Waals surface area contributed by atoms with E-state index in [2.05, 4.69) is 12.2 Å². The first-order valence-electron chi connectivity index (χ1n) is 6.79. The van der Waals surface area contributed by atoms with Crippen LogP contribution >= 0.6 is 11.6 Å². The average molecular weight is 296 g/mol. The van der Waals surface area contributed by atoms with E-state index in [0.717, 1.165) is 24.2 Å². The number of hydrogen-bond acceptors (Lipinski definition) is 2. The summed E-state index contributed by atoms with van der Waals surface area (Å²) in [6, 6.07) is 9.19. The summed E-state index contributed by atoms with van der Waals surface area (Å²) >= 11 is 5.69. The van der Waals surface area contributed by atoms with E-state index in [1.165, 1.54) is 6.07 Å². The summed E-state index contributed by atoms with van der Waals surface area (Å²) in [5.74, 6) is 0.616. The molecule has 0 aliphatic heterocycles. The van der Waals surface area contributed by atoms with Gasteiger partial charge in [-0.1, -0.05) is 17.7 Å². The first-order valence-corrected chi connectivity index (χ1v) is 7.17. The molecule has 2 rings (SSSR count). The van der Waals surface area contributed by atoms with Gasteiger partial charge < -0.3 is 9.73 Å². The van der Waals surface area contributed by atoms with Crippen LogP contribution in [0, 0.1) is 5.82 Å². The maximum absolute atomic E-state index is 13.4. The zero-order chi connectivity index (χ0) is 14.5. The van der Waals surface area contributed by atoms with Crippen LogP contribution in [-0.4, -0.2) is 6.04 Å². The molecule has 2 nitrogen and oxygen atoms in total. The van der Waals surface area contributed by atoms with Gasteiger partial charge in [-0.2, -0.15) is 0 Å². The summed E-state index contributed by atoms with van der Waals surface area (Å²) in [4.78, 5) is 0. The number of halogens is 2. The van der Waals surface area contributed by atoms with Crippen LogP contribution in [0.15, 0.2) is 41.0 Å². The fraction of sp³-hybridized carbons (Fsp3) is 0.375. The summed E-state index contributed by atoms with van der Waals surface area (Å²) in [6.07, 6.45) is 3.54. The van der Waals surface area contributed by atoms with E-state index in [1.807, 2.05) is 25.1 Å². The van der Waals surface area contributed by atoms with Gasteiger partial charge in [0.15, 0.2) is 0 Å². The number of aryl methyl sites for hydroxylation is 1.